The predicted octanol–water partition coefficient (Wildman–Crippen LogP) is 17.1. The molecule has 0 amide bonds. The van der Waals surface area contributed by atoms with E-state index >= 15 is 0 Å². The van der Waals surface area contributed by atoms with Crippen LogP contribution in [0.4, 0.5) is 0 Å². The van der Waals surface area contributed by atoms with E-state index in [2.05, 4.69) is 218 Å². The maximum atomic E-state index is 12.8. The molecule has 6 heterocycles. The molecule has 348 valence electrons. The van der Waals surface area contributed by atoms with Gasteiger partial charge < -0.3 is 18.3 Å². The van der Waals surface area contributed by atoms with Gasteiger partial charge in [0.2, 0.25) is 0 Å². The molecule has 0 bridgehead atoms. The van der Waals surface area contributed by atoms with Gasteiger partial charge in [-0.25, -0.2) is 0 Å². The Morgan fingerprint density at radius 1 is 0.427 bits per heavy atom. The van der Waals surface area contributed by atoms with Crippen LogP contribution < -0.4 is 0 Å². The highest BCUT2D eigenvalue weighted by atomic mass is 32.1. The minimum absolute atomic E-state index is 0.436. The predicted molar refractivity (Wildman–Crippen MR) is 309 cm³/mol. The number of allylic oxidation sites excluding steroid dienone is 1. The van der Waals surface area contributed by atoms with Crippen molar-refractivity contribution in [3.8, 4) is 46.1 Å². The molecule has 0 aliphatic heterocycles. The number of fused-ring (bicyclic) bond motifs is 16. The van der Waals surface area contributed by atoms with Gasteiger partial charge in [-0.05, 0) is 67.4 Å². The molecule has 75 heavy (non-hydrogen) atoms. The van der Waals surface area contributed by atoms with Crippen LogP contribution in [0.2, 0.25) is 0 Å². The van der Waals surface area contributed by atoms with Crippen LogP contribution in [0.5, 0.6) is 0 Å². The number of nitriles is 2. The molecule has 1 aliphatic rings. The standard InChI is InChI=1S/C67H39N7S/c68-38-51-62(71-54-25-8-1-17-41(54)42-18-2-9-26-55(42)71)63(72-56-27-10-3-19-43(56)44-20-4-11-28-57(44)72)52(39-69)65(64(51)73-58-29-12-5-21-45(58)46-22-6-13-30-59(46)73)74-60-37-40(53-24-15-16-36-70-53)32-33-47(60)49-34-35-50-48-23-7-14-31-61(48)75-67(50)66(49)74/h1-12,14-29,31-37H,13,30H2. The van der Waals surface area contributed by atoms with E-state index in [-0.39, 0.29) is 0 Å². The van der Waals surface area contributed by atoms with Gasteiger partial charge in [-0.15, -0.1) is 11.3 Å². The van der Waals surface area contributed by atoms with Crippen molar-refractivity contribution in [1.29, 1.82) is 10.5 Å². The smallest absolute Gasteiger partial charge is 0.104 e. The molecule has 0 fully saturated rings. The number of rotatable bonds is 5. The average molecular weight is 974 g/mol. The maximum Gasteiger partial charge on any atom is 0.104 e. The average Bonchev–Trinajstić information content (AvgIpc) is 4.40. The molecule has 0 radical (unpaired) electrons. The topological polar surface area (TPSA) is 80.2 Å². The van der Waals surface area contributed by atoms with Crippen molar-refractivity contribution < 1.29 is 0 Å². The van der Waals surface area contributed by atoms with Crippen molar-refractivity contribution in [1.82, 2.24) is 23.3 Å². The summed E-state index contributed by atoms with van der Waals surface area (Å²) in [5, 5.41) is 35.3. The van der Waals surface area contributed by atoms with E-state index in [1.165, 1.54) is 10.1 Å². The van der Waals surface area contributed by atoms with E-state index in [4.69, 9.17) is 4.98 Å². The van der Waals surface area contributed by atoms with E-state index in [1.807, 2.05) is 24.4 Å². The monoisotopic (exact) mass is 973 g/mol. The Hall–Kier alpha value is -9.99. The van der Waals surface area contributed by atoms with Crippen LogP contribution in [-0.2, 0) is 6.42 Å². The summed E-state index contributed by atoms with van der Waals surface area (Å²) in [5.74, 6) is 0. The zero-order valence-corrected chi connectivity index (χ0v) is 41.0. The van der Waals surface area contributed by atoms with Crippen LogP contribution in [0.1, 0.15) is 28.8 Å². The molecule has 16 rings (SSSR count). The fourth-order valence-electron chi connectivity index (χ4n) is 12.7. The molecule has 0 saturated heterocycles. The van der Waals surface area contributed by atoms with Gasteiger partial charge in [0, 0.05) is 76.2 Å². The molecule has 15 aromatic rings. The number of para-hydroxylation sites is 5. The number of thiophene rings is 1. The molecule has 0 spiro atoms. The summed E-state index contributed by atoms with van der Waals surface area (Å²) in [6, 6.07) is 74.1. The lowest BCUT2D eigenvalue weighted by Gasteiger charge is -2.27. The van der Waals surface area contributed by atoms with Crippen LogP contribution in [0.3, 0.4) is 0 Å². The maximum absolute atomic E-state index is 12.8. The summed E-state index contributed by atoms with van der Waals surface area (Å²) in [7, 11) is 0. The highest BCUT2D eigenvalue weighted by molar-refractivity contribution is 7.26. The lowest BCUT2D eigenvalue weighted by molar-refractivity contribution is 0.878. The zero-order valence-electron chi connectivity index (χ0n) is 40.2. The normalized spacial score (nSPS) is 12.6. The molecule has 7 nitrogen and oxygen atoms in total. The van der Waals surface area contributed by atoms with Crippen molar-refractivity contribution in [3.63, 3.8) is 0 Å². The van der Waals surface area contributed by atoms with Gasteiger partial charge in [-0.1, -0.05) is 152 Å². The summed E-state index contributed by atoms with van der Waals surface area (Å²) in [4.78, 5) is 4.87. The molecule has 0 unspecified atom stereocenters. The van der Waals surface area contributed by atoms with Gasteiger partial charge in [0.15, 0.2) is 0 Å². The Morgan fingerprint density at radius 3 is 1.49 bits per heavy atom. The van der Waals surface area contributed by atoms with E-state index < -0.39 is 0 Å². The Labute approximate surface area is 433 Å². The van der Waals surface area contributed by atoms with Crippen molar-refractivity contribution in [2.24, 2.45) is 0 Å². The minimum atomic E-state index is 0.436. The van der Waals surface area contributed by atoms with Gasteiger partial charge in [0.25, 0.3) is 0 Å². The molecular weight excluding hydrogens is 935 g/mol. The number of hydrogen-bond donors (Lipinski definition) is 0. The molecule has 0 N–H and O–H groups in total. The zero-order chi connectivity index (χ0) is 49.5. The van der Waals surface area contributed by atoms with Crippen LogP contribution in [0.25, 0.3) is 137 Å². The third kappa shape index (κ3) is 5.63. The summed E-state index contributed by atoms with van der Waals surface area (Å²) in [6.45, 7) is 0. The third-order valence-electron chi connectivity index (χ3n) is 15.8. The number of aromatic nitrogens is 5. The molecule has 9 aromatic carbocycles. The summed E-state index contributed by atoms with van der Waals surface area (Å²) < 4.78 is 11.5. The van der Waals surface area contributed by atoms with Gasteiger partial charge in [0.05, 0.1) is 71.8 Å². The lowest BCUT2D eigenvalue weighted by Crippen LogP contribution is -2.18. The minimum Gasteiger partial charge on any atom is -0.310 e. The number of hydrogen-bond acceptors (Lipinski definition) is 4. The molecule has 0 atom stereocenters. The quantitative estimate of drug-likeness (QED) is 0.172. The highest BCUT2D eigenvalue weighted by Gasteiger charge is 2.36. The fraction of sp³-hybridized carbons (Fsp3) is 0.0299. The van der Waals surface area contributed by atoms with E-state index in [0.717, 1.165) is 122 Å². The molecule has 0 saturated carbocycles. The Morgan fingerprint density at radius 2 is 0.907 bits per heavy atom. The van der Waals surface area contributed by atoms with Gasteiger partial charge in [0.1, 0.15) is 23.3 Å². The first-order valence-electron chi connectivity index (χ1n) is 25.3. The number of nitrogens with zero attached hydrogens (tertiary/aromatic N) is 7. The second-order valence-electron chi connectivity index (χ2n) is 19.5. The lowest BCUT2D eigenvalue weighted by atomic mass is 9.98. The van der Waals surface area contributed by atoms with Crippen molar-refractivity contribution >= 4 is 114 Å². The Balaban J connectivity index is 1.23. The fourth-order valence-corrected chi connectivity index (χ4v) is 14.0. The summed E-state index contributed by atoms with van der Waals surface area (Å²) >= 11 is 1.77. The van der Waals surface area contributed by atoms with Gasteiger partial charge in [-0.3, -0.25) is 4.98 Å². The second kappa shape index (κ2) is 15.8. The van der Waals surface area contributed by atoms with E-state index in [9.17, 15) is 10.5 Å². The third-order valence-corrected chi connectivity index (χ3v) is 16.9. The first kappa shape index (κ1) is 41.6. The van der Waals surface area contributed by atoms with Crippen LogP contribution in [0.15, 0.2) is 206 Å². The SMILES string of the molecule is N#Cc1c(-n2c3c(c4ccccc42)C=CCC3)c(-n2c3cc(-c4ccccn4)ccc3c3ccc4c5ccccc5sc4c32)c(C#N)c(-n2c3ccccc3c3ccccc32)c1-n1c2ccccc2c2ccccc21. The molecule has 1 aliphatic carbocycles. The van der Waals surface area contributed by atoms with E-state index in [0.29, 0.717) is 33.9 Å². The van der Waals surface area contributed by atoms with E-state index in [1.54, 1.807) is 11.3 Å². The first-order chi connectivity index (χ1) is 37.2. The molecule has 8 heteroatoms. The second-order valence-corrected chi connectivity index (χ2v) is 20.5. The molecule has 6 aromatic heterocycles. The Bertz CT molecular complexity index is 4990. The van der Waals surface area contributed by atoms with Gasteiger partial charge in [-0.2, -0.15) is 10.5 Å². The van der Waals surface area contributed by atoms with Crippen LogP contribution in [0, 0.1) is 22.7 Å². The summed E-state index contributed by atoms with van der Waals surface area (Å²) in [6.07, 6.45) is 7.90. The summed E-state index contributed by atoms with van der Waals surface area (Å²) in [5.41, 5.74) is 14.0. The largest absolute Gasteiger partial charge is 0.310 e. The first-order valence-corrected chi connectivity index (χ1v) is 26.1. The van der Waals surface area contributed by atoms with Crippen molar-refractivity contribution in [3.05, 3.63) is 229 Å². The van der Waals surface area contributed by atoms with Crippen LogP contribution in [-0.4, -0.2) is 23.3 Å². The van der Waals surface area contributed by atoms with Gasteiger partial charge >= 0.3 is 0 Å². The number of pyridine rings is 1. The van der Waals surface area contributed by atoms with Crippen molar-refractivity contribution in [2.75, 3.05) is 0 Å². The van der Waals surface area contributed by atoms with Crippen LogP contribution >= 0.6 is 11.3 Å². The Kier molecular flexibility index (Phi) is 8.74. The van der Waals surface area contributed by atoms with Crippen molar-refractivity contribution in [2.45, 2.75) is 12.8 Å². The number of benzene rings is 9. The molecular formula is C67H39N7S. The highest BCUT2D eigenvalue weighted by Crippen LogP contribution is 2.51.